The van der Waals surface area contributed by atoms with Gasteiger partial charge in [0.25, 0.3) is 5.91 Å². The van der Waals surface area contributed by atoms with Crippen molar-refractivity contribution in [2.45, 2.75) is 12.4 Å². The number of rotatable bonds is 7. The summed E-state index contributed by atoms with van der Waals surface area (Å²) in [7, 11) is 0. The Morgan fingerprint density at radius 3 is 2.17 bits per heavy atom. The van der Waals surface area contributed by atoms with Gasteiger partial charge in [0.1, 0.15) is 6.54 Å². The van der Waals surface area contributed by atoms with E-state index in [2.05, 4.69) is 10.7 Å². The third kappa shape index (κ3) is 6.83. The van der Waals surface area contributed by atoms with Crippen LogP contribution in [0.15, 0.2) is 34.6 Å². The van der Waals surface area contributed by atoms with Crippen molar-refractivity contribution in [3.63, 3.8) is 0 Å². The van der Waals surface area contributed by atoms with E-state index in [9.17, 15) is 40.7 Å². The maximum absolute atomic E-state index is 13.1. The lowest BCUT2D eigenvalue weighted by Gasteiger charge is -2.15. The standard InChI is InChI=1S/C20H13F6N3O4S3/c21-19(22,23)11-1-9(2-12(4-11)20(24,25)26)10-3-13(35-8-10)5-14-17(33)29(18(34)36-14)28-6-15(30)27-7-16(31)32/h1-5,8,28H,6-7H2,(H,27,30)(H,31,32). The van der Waals surface area contributed by atoms with Gasteiger partial charge < -0.3 is 10.4 Å². The number of carboxylic acids is 1. The number of carbonyl (C=O) groups is 3. The monoisotopic (exact) mass is 569 g/mol. The molecule has 1 aromatic heterocycles. The van der Waals surface area contributed by atoms with Crippen LogP contribution in [-0.4, -0.2) is 45.3 Å². The smallest absolute Gasteiger partial charge is 0.416 e. The van der Waals surface area contributed by atoms with Gasteiger partial charge in [0.2, 0.25) is 5.91 Å². The first-order chi connectivity index (χ1) is 16.6. The predicted molar refractivity (Wildman–Crippen MR) is 123 cm³/mol. The van der Waals surface area contributed by atoms with E-state index in [1.54, 1.807) is 0 Å². The Morgan fingerprint density at radius 1 is 1.00 bits per heavy atom. The minimum atomic E-state index is -4.99. The average molecular weight is 570 g/mol. The van der Waals surface area contributed by atoms with Gasteiger partial charge in [0.15, 0.2) is 4.32 Å². The van der Waals surface area contributed by atoms with Gasteiger partial charge in [-0.2, -0.15) is 26.3 Å². The molecule has 2 aromatic rings. The number of alkyl halides is 6. The predicted octanol–water partition coefficient (Wildman–Crippen LogP) is 4.36. The number of carboxylic acid groups (broad SMARTS) is 1. The number of carbonyl (C=O) groups excluding carboxylic acids is 2. The lowest BCUT2D eigenvalue weighted by molar-refractivity contribution is -0.143. The number of thiophene rings is 1. The number of halogens is 6. The molecule has 2 amide bonds. The summed E-state index contributed by atoms with van der Waals surface area (Å²) in [5.74, 6) is -2.62. The van der Waals surface area contributed by atoms with Crippen LogP contribution in [0.3, 0.4) is 0 Å². The number of amides is 2. The first-order valence-corrected chi connectivity index (χ1v) is 11.6. The van der Waals surface area contributed by atoms with Crippen LogP contribution in [0.2, 0.25) is 0 Å². The van der Waals surface area contributed by atoms with Gasteiger partial charge in [-0.3, -0.25) is 14.4 Å². The molecule has 1 aliphatic heterocycles. The van der Waals surface area contributed by atoms with Crippen molar-refractivity contribution in [1.29, 1.82) is 0 Å². The quantitative estimate of drug-likeness (QED) is 0.259. The highest BCUT2D eigenvalue weighted by atomic mass is 32.2. The molecule has 7 nitrogen and oxygen atoms in total. The molecule has 0 unspecified atom stereocenters. The third-order valence-corrected chi connectivity index (χ3v) is 6.62. The van der Waals surface area contributed by atoms with Crippen molar-refractivity contribution in [1.82, 2.24) is 15.8 Å². The number of thiocarbonyl (C=S) groups is 1. The molecule has 0 bridgehead atoms. The van der Waals surface area contributed by atoms with Crippen molar-refractivity contribution in [2.24, 2.45) is 0 Å². The summed E-state index contributed by atoms with van der Waals surface area (Å²) < 4.78 is 78.9. The lowest BCUT2D eigenvalue weighted by atomic mass is 10.0. The Balaban J connectivity index is 1.79. The van der Waals surface area contributed by atoms with Gasteiger partial charge in [-0.1, -0.05) is 24.0 Å². The zero-order valence-electron chi connectivity index (χ0n) is 17.5. The normalized spacial score (nSPS) is 15.6. The zero-order chi connectivity index (χ0) is 26.8. The number of nitrogens with zero attached hydrogens (tertiary/aromatic N) is 1. The minimum Gasteiger partial charge on any atom is -0.480 e. The average Bonchev–Trinajstić information content (AvgIpc) is 3.34. The van der Waals surface area contributed by atoms with E-state index in [4.69, 9.17) is 17.3 Å². The van der Waals surface area contributed by atoms with Crippen LogP contribution in [0.25, 0.3) is 17.2 Å². The zero-order valence-corrected chi connectivity index (χ0v) is 19.9. The molecular weight excluding hydrogens is 556 g/mol. The second-order valence-electron chi connectivity index (χ2n) is 7.05. The highest BCUT2D eigenvalue weighted by molar-refractivity contribution is 8.26. The number of hydrazine groups is 1. The van der Waals surface area contributed by atoms with Crippen molar-refractivity contribution in [2.75, 3.05) is 13.1 Å². The number of hydrogen-bond donors (Lipinski definition) is 3. The van der Waals surface area contributed by atoms with Crippen LogP contribution < -0.4 is 10.7 Å². The molecule has 0 atom stereocenters. The van der Waals surface area contributed by atoms with Crippen LogP contribution >= 0.6 is 35.3 Å². The van der Waals surface area contributed by atoms with Gasteiger partial charge in [-0.05, 0) is 46.8 Å². The molecule has 1 fully saturated rings. The molecule has 0 saturated carbocycles. The van der Waals surface area contributed by atoms with Crippen molar-refractivity contribution in [3.05, 3.63) is 50.6 Å². The van der Waals surface area contributed by atoms with E-state index in [0.29, 0.717) is 17.0 Å². The van der Waals surface area contributed by atoms with Gasteiger partial charge >= 0.3 is 18.3 Å². The van der Waals surface area contributed by atoms with Crippen molar-refractivity contribution in [3.8, 4) is 11.1 Å². The molecule has 1 saturated heterocycles. The van der Waals surface area contributed by atoms with E-state index >= 15 is 0 Å². The fraction of sp³-hybridized carbons (Fsp3) is 0.200. The Bertz CT molecular complexity index is 1220. The van der Waals surface area contributed by atoms with Gasteiger partial charge in [-0.25, -0.2) is 10.4 Å². The third-order valence-electron chi connectivity index (χ3n) is 4.44. The summed E-state index contributed by atoms with van der Waals surface area (Å²) in [5.41, 5.74) is -0.639. The molecule has 1 aromatic carbocycles. The van der Waals surface area contributed by atoms with Crippen LogP contribution in [0.4, 0.5) is 26.3 Å². The molecule has 0 radical (unpaired) electrons. The maximum Gasteiger partial charge on any atom is 0.416 e. The number of nitrogens with one attached hydrogen (secondary N) is 2. The molecule has 16 heteroatoms. The maximum atomic E-state index is 13.1. The fourth-order valence-electron chi connectivity index (χ4n) is 2.82. The fourth-order valence-corrected chi connectivity index (χ4v) is 4.95. The van der Waals surface area contributed by atoms with E-state index in [1.165, 1.54) is 17.5 Å². The first kappa shape index (κ1) is 27.6. The topological polar surface area (TPSA) is 98.7 Å². The second-order valence-corrected chi connectivity index (χ2v) is 9.67. The Hall–Kier alpha value is -2.95. The number of hydrogen-bond acceptors (Lipinski definition) is 7. The molecule has 1 aliphatic rings. The van der Waals surface area contributed by atoms with E-state index in [0.717, 1.165) is 28.1 Å². The second kappa shape index (κ2) is 10.6. The van der Waals surface area contributed by atoms with Gasteiger partial charge in [0.05, 0.1) is 22.6 Å². The summed E-state index contributed by atoms with van der Waals surface area (Å²) in [4.78, 5) is 35.1. The molecule has 2 heterocycles. The molecule has 0 spiro atoms. The molecule has 192 valence electrons. The Labute approximate surface area is 212 Å². The van der Waals surface area contributed by atoms with Crippen molar-refractivity contribution >= 4 is 63.5 Å². The summed E-state index contributed by atoms with van der Waals surface area (Å²) in [6.45, 7) is -1.07. The molecule has 3 rings (SSSR count). The minimum absolute atomic E-state index is 0.0294. The van der Waals surface area contributed by atoms with Crippen LogP contribution in [0.5, 0.6) is 0 Å². The van der Waals surface area contributed by atoms with E-state index in [-0.39, 0.29) is 26.4 Å². The van der Waals surface area contributed by atoms with E-state index in [1.807, 2.05) is 0 Å². The van der Waals surface area contributed by atoms with Gasteiger partial charge in [-0.15, -0.1) is 11.3 Å². The van der Waals surface area contributed by atoms with E-state index < -0.39 is 54.4 Å². The van der Waals surface area contributed by atoms with Crippen molar-refractivity contribution < 1.29 is 45.8 Å². The molecule has 3 N–H and O–H groups in total. The number of aliphatic carboxylic acids is 1. The van der Waals surface area contributed by atoms with Gasteiger partial charge in [0, 0.05) is 4.88 Å². The number of thioether (sulfide) groups is 1. The summed E-state index contributed by atoms with van der Waals surface area (Å²) in [5, 5.41) is 12.9. The Morgan fingerprint density at radius 2 is 1.61 bits per heavy atom. The summed E-state index contributed by atoms with van der Waals surface area (Å²) in [6, 6.07) is 2.59. The first-order valence-electron chi connectivity index (χ1n) is 9.53. The highest BCUT2D eigenvalue weighted by Crippen LogP contribution is 2.40. The summed E-state index contributed by atoms with van der Waals surface area (Å²) in [6.07, 6.45) is -8.61. The Kier molecular flexibility index (Phi) is 8.12. The molecule has 0 aliphatic carbocycles. The molecule has 36 heavy (non-hydrogen) atoms. The number of benzene rings is 1. The van der Waals surface area contributed by atoms with Crippen LogP contribution in [0.1, 0.15) is 16.0 Å². The van der Waals surface area contributed by atoms with Crippen LogP contribution in [-0.2, 0) is 26.7 Å². The SMILES string of the molecule is O=C(O)CNC(=O)CNN1C(=O)C(=Cc2cc(-c3cc(C(F)(F)F)cc(C(F)(F)F)c3)cs2)SC1=S. The van der Waals surface area contributed by atoms with Crippen LogP contribution in [0, 0.1) is 0 Å². The largest absolute Gasteiger partial charge is 0.480 e. The lowest BCUT2D eigenvalue weighted by Crippen LogP contribution is -2.47. The molecular formula is C20H13F6N3O4S3. The highest BCUT2D eigenvalue weighted by Gasteiger charge is 2.37. The summed E-state index contributed by atoms with van der Waals surface area (Å²) >= 11 is 6.91.